The zero-order chi connectivity index (χ0) is 19.4. The predicted octanol–water partition coefficient (Wildman–Crippen LogP) is 3.65. The second kappa shape index (κ2) is 8.13. The largest absolute Gasteiger partial charge is 0.573 e. The first-order chi connectivity index (χ1) is 12.8. The minimum Gasteiger partial charge on any atom is -0.406 e. The van der Waals surface area contributed by atoms with E-state index in [1.165, 1.54) is 12.1 Å². The highest BCUT2D eigenvalue weighted by atomic mass is 79.9. The van der Waals surface area contributed by atoms with Crippen molar-refractivity contribution in [1.82, 2.24) is 14.6 Å². The quantitative estimate of drug-likeness (QED) is 0.581. The van der Waals surface area contributed by atoms with Crippen molar-refractivity contribution in [3.05, 3.63) is 52.8 Å². The van der Waals surface area contributed by atoms with Gasteiger partial charge in [0.1, 0.15) is 11.6 Å². The van der Waals surface area contributed by atoms with E-state index in [1.54, 1.807) is 35.1 Å². The molecular weight excluding hydrogens is 429 g/mol. The Labute approximate surface area is 161 Å². The highest BCUT2D eigenvalue weighted by Gasteiger charge is 2.30. The van der Waals surface area contributed by atoms with Crippen molar-refractivity contribution in [2.45, 2.75) is 12.8 Å². The Morgan fingerprint density at radius 3 is 2.63 bits per heavy atom. The van der Waals surface area contributed by atoms with Crippen LogP contribution in [0.2, 0.25) is 0 Å². The molecule has 1 aromatic carbocycles. The number of anilines is 1. The number of alkyl halides is 3. The molecule has 144 valence electrons. The summed E-state index contributed by atoms with van der Waals surface area (Å²) in [4.78, 5) is 4.43. The van der Waals surface area contributed by atoms with Gasteiger partial charge in [0, 0.05) is 25.3 Å². The molecular formula is C17H16BrF3N4O2. The molecule has 0 aliphatic carbocycles. The summed E-state index contributed by atoms with van der Waals surface area (Å²) in [5, 5.41) is 16.9. The monoisotopic (exact) mass is 444 g/mol. The maximum absolute atomic E-state index is 12.2. The summed E-state index contributed by atoms with van der Waals surface area (Å²) >= 11 is 3.37. The van der Waals surface area contributed by atoms with Gasteiger partial charge in [-0.25, -0.2) is 9.50 Å². The second-order valence-electron chi connectivity index (χ2n) is 5.90. The molecule has 2 N–H and O–H groups in total. The fourth-order valence-electron chi connectivity index (χ4n) is 2.55. The Morgan fingerprint density at radius 1 is 1.22 bits per heavy atom. The summed E-state index contributed by atoms with van der Waals surface area (Å²) < 4.78 is 42.8. The number of hydrogen-bond acceptors (Lipinski definition) is 5. The minimum absolute atomic E-state index is 0.0770. The van der Waals surface area contributed by atoms with Crippen LogP contribution in [0.4, 0.5) is 19.0 Å². The first kappa shape index (κ1) is 19.4. The minimum atomic E-state index is -4.71. The van der Waals surface area contributed by atoms with Gasteiger partial charge < -0.3 is 15.2 Å². The molecule has 3 aromatic rings. The Hall–Kier alpha value is -2.33. The molecule has 3 rings (SSSR count). The van der Waals surface area contributed by atoms with E-state index in [0.29, 0.717) is 24.4 Å². The second-order valence-corrected chi connectivity index (χ2v) is 6.75. The van der Waals surface area contributed by atoms with Crippen LogP contribution in [0, 0.1) is 5.92 Å². The van der Waals surface area contributed by atoms with Crippen molar-refractivity contribution in [1.29, 1.82) is 0 Å². The Balaban J connectivity index is 1.59. The summed E-state index contributed by atoms with van der Waals surface area (Å²) in [6.07, 6.45) is -0.802. The van der Waals surface area contributed by atoms with Crippen LogP contribution in [0.5, 0.6) is 5.75 Å². The van der Waals surface area contributed by atoms with Gasteiger partial charge in [0.15, 0.2) is 5.65 Å². The molecule has 0 fully saturated rings. The van der Waals surface area contributed by atoms with Crippen LogP contribution < -0.4 is 10.1 Å². The fraction of sp³-hybridized carbons (Fsp3) is 0.294. The number of ether oxygens (including phenoxy) is 1. The lowest BCUT2D eigenvalue weighted by molar-refractivity contribution is -0.274. The zero-order valence-electron chi connectivity index (χ0n) is 13.9. The van der Waals surface area contributed by atoms with Crippen LogP contribution in [0.3, 0.4) is 0 Å². The number of aliphatic hydroxyl groups excluding tert-OH is 1. The van der Waals surface area contributed by atoms with Gasteiger partial charge in [-0.15, -0.1) is 13.2 Å². The highest BCUT2D eigenvalue weighted by Crippen LogP contribution is 2.23. The summed E-state index contributed by atoms with van der Waals surface area (Å²) in [5.74, 6) is 0.232. The zero-order valence-corrected chi connectivity index (χ0v) is 15.5. The first-order valence-corrected chi connectivity index (χ1v) is 8.82. The van der Waals surface area contributed by atoms with Crippen LogP contribution in [0.25, 0.3) is 5.65 Å². The lowest BCUT2D eigenvalue weighted by Crippen LogP contribution is -2.21. The van der Waals surface area contributed by atoms with Gasteiger partial charge in [-0.3, -0.25) is 0 Å². The third-order valence-electron chi connectivity index (χ3n) is 3.84. The van der Waals surface area contributed by atoms with E-state index in [0.717, 1.165) is 10.0 Å². The normalized spacial score (nSPS) is 12.9. The molecule has 6 nitrogen and oxygen atoms in total. The molecule has 1 atom stereocenters. The topological polar surface area (TPSA) is 71.7 Å². The number of aromatic nitrogens is 3. The molecule has 10 heteroatoms. The number of nitrogens with zero attached hydrogens (tertiary/aromatic N) is 3. The molecule has 2 aromatic heterocycles. The molecule has 0 bridgehead atoms. The molecule has 0 aliphatic rings. The molecule has 1 unspecified atom stereocenters. The third-order valence-corrected chi connectivity index (χ3v) is 4.40. The lowest BCUT2D eigenvalue weighted by Gasteiger charge is -2.16. The summed E-state index contributed by atoms with van der Waals surface area (Å²) in [7, 11) is 0. The van der Waals surface area contributed by atoms with Gasteiger partial charge in [-0.05, 0) is 46.1 Å². The smallest absolute Gasteiger partial charge is 0.406 e. The SMILES string of the molecule is OCC(CNc1ccn2ncc(Br)c2n1)Cc1ccc(OC(F)(F)F)cc1. The van der Waals surface area contributed by atoms with Gasteiger partial charge in [-0.1, -0.05) is 12.1 Å². The summed E-state index contributed by atoms with van der Waals surface area (Å²) in [6, 6.07) is 7.40. The highest BCUT2D eigenvalue weighted by molar-refractivity contribution is 9.10. The van der Waals surface area contributed by atoms with E-state index in [4.69, 9.17) is 0 Å². The Kier molecular flexibility index (Phi) is 5.85. The van der Waals surface area contributed by atoms with Gasteiger partial charge >= 0.3 is 6.36 Å². The van der Waals surface area contributed by atoms with Crippen molar-refractivity contribution in [3.8, 4) is 5.75 Å². The Morgan fingerprint density at radius 2 is 1.96 bits per heavy atom. The molecule has 0 saturated carbocycles. The van der Waals surface area contributed by atoms with Crippen molar-refractivity contribution >= 4 is 27.4 Å². The molecule has 0 spiro atoms. The van der Waals surface area contributed by atoms with E-state index in [1.807, 2.05) is 0 Å². The molecule has 0 aliphatic heterocycles. The van der Waals surface area contributed by atoms with Gasteiger partial charge in [-0.2, -0.15) is 5.10 Å². The number of rotatable bonds is 7. The molecule has 0 radical (unpaired) electrons. The van der Waals surface area contributed by atoms with Crippen LogP contribution in [-0.4, -0.2) is 39.2 Å². The van der Waals surface area contributed by atoms with E-state index in [-0.39, 0.29) is 18.3 Å². The number of fused-ring (bicyclic) bond motifs is 1. The van der Waals surface area contributed by atoms with E-state index in [2.05, 4.69) is 36.1 Å². The van der Waals surface area contributed by atoms with Gasteiger partial charge in [0.05, 0.1) is 10.7 Å². The third kappa shape index (κ3) is 5.33. The maximum atomic E-state index is 12.2. The van der Waals surface area contributed by atoms with E-state index < -0.39 is 6.36 Å². The summed E-state index contributed by atoms with van der Waals surface area (Å²) in [6.45, 7) is 0.374. The lowest BCUT2D eigenvalue weighted by atomic mass is 10.00. The van der Waals surface area contributed by atoms with Gasteiger partial charge in [0.2, 0.25) is 0 Å². The molecule has 27 heavy (non-hydrogen) atoms. The number of hydrogen-bond donors (Lipinski definition) is 2. The van der Waals surface area contributed by atoms with E-state index in [9.17, 15) is 18.3 Å². The van der Waals surface area contributed by atoms with Crippen molar-refractivity contribution in [3.63, 3.8) is 0 Å². The number of benzene rings is 1. The Bertz CT molecular complexity index is 899. The molecule has 2 heterocycles. The maximum Gasteiger partial charge on any atom is 0.573 e. The predicted molar refractivity (Wildman–Crippen MR) is 96.6 cm³/mol. The van der Waals surface area contributed by atoms with Crippen LogP contribution in [-0.2, 0) is 6.42 Å². The van der Waals surface area contributed by atoms with Crippen LogP contribution >= 0.6 is 15.9 Å². The van der Waals surface area contributed by atoms with Crippen molar-refractivity contribution < 1.29 is 23.0 Å². The van der Waals surface area contributed by atoms with Crippen molar-refractivity contribution in [2.24, 2.45) is 5.92 Å². The van der Waals surface area contributed by atoms with Crippen LogP contribution in [0.1, 0.15) is 5.56 Å². The standard InChI is InChI=1S/C17H16BrF3N4O2/c18-14-9-23-25-6-5-15(24-16(14)25)22-8-12(10-26)7-11-1-3-13(4-2-11)27-17(19,20)21/h1-6,9,12,26H,7-8,10H2,(H,22,24). The first-order valence-electron chi connectivity index (χ1n) is 8.03. The van der Waals surface area contributed by atoms with Crippen molar-refractivity contribution in [2.75, 3.05) is 18.5 Å². The van der Waals surface area contributed by atoms with Crippen LogP contribution in [0.15, 0.2) is 47.2 Å². The number of aliphatic hydroxyl groups is 1. The van der Waals surface area contributed by atoms with Gasteiger partial charge in [0.25, 0.3) is 0 Å². The summed E-state index contributed by atoms with van der Waals surface area (Å²) in [5.41, 5.74) is 1.47. The number of nitrogens with one attached hydrogen (secondary N) is 1. The molecule has 0 saturated heterocycles. The number of halogens is 4. The molecule has 0 amide bonds. The average molecular weight is 445 g/mol. The fourth-order valence-corrected chi connectivity index (χ4v) is 2.91. The average Bonchev–Trinajstić information content (AvgIpc) is 2.99. The van der Waals surface area contributed by atoms with E-state index >= 15 is 0 Å².